The predicted molar refractivity (Wildman–Crippen MR) is 93.7 cm³/mol. The number of carbonyl (C=O) groups is 3. The highest BCUT2D eigenvalue weighted by molar-refractivity contribution is 5.80. The van der Waals surface area contributed by atoms with E-state index in [9.17, 15) is 14.4 Å². The van der Waals surface area contributed by atoms with Crippen molar-refractivity contribution in [2.45, 2.75) is 32.9 Å². The Kier molecular flexibility index (Phi) is 9.02. The minimum absolute atomic E-state index is 0.157. The summed E-state index contributed by atoms with van der Waals surface area (Å²) in [4.78, 5) is 33.6. The van der Waals surface area contributed by atoms with Crippen LogP contribution in [-0.4, -0.2) is 43.6 Å². The molecule has 8 nitrogen and oxygen atoms in total. The van der Waals surface area contributed by atoms with Crippen LogP contribution in [0.3, 0.4) is 0 Å². The van der Waals surface area contributed by atoms with Gasteiger partial charge in [-0.1, -0.05) is 24.3 Å². The molecule has 1 atom stereocenters. The summed E-state index contributed by atoms with van der Waals surface area (Å²) < 4.78 is 4.72. The fourth-order valence-electron chi connectivity index (χ4n) is 1.97. The minimum Gasteiger partial charge on any atom is -0.465 e. The summed E-state index contributed by atoms with van der Waals surface area (Å²) in [5, 5.41) is 8.13. The van der Waals surface area contributed by atoms with E-state index in [1.165, 1.54) is 0 Å². The topological polar surface area (TPSA) is 123 Å². The number of rotatable bonds is 10. The Morgan fingerprint density at radius 3 is 2.36 bits per heavy atom. The number of nitrogens with two attached hydrogens (primary N) is 1. The van der Waals surface area contributed by atoms with Crippen molar-refractivity contribution in [1.29, 1.82) is 0 Å². The van der Waals surface area contributed by atoms with Gasteiger partial charge >= 0.3 is 12.0 Å². The van der Waals surface area contributed by atoms with Crippen molar-refractivity contribution in [1.82, 2.24) is 16.0 Å². The van der Waals surface area contributed by atoms with Gasteiger partial charge in [-0.15, -0.1) is 0 Å². The number of hydrogen-bond donors (Lipinski definition) is 4. The van der Waals surface area contributed by atoms with Crippen molar-refractivity contribution in [3.05, 3.63) is 35.4 Å². The number of ether oxygens (including phenoxy) is 1. The molecule has 3 amide bonds. The minimum atomic E-state index is -0.471. The van der Waals surface area contributed by atoms with Gasteiger partial charge in [0.25, 0.3) is 0 Å². The van der Waals surface area contributed by atoms with Crippen LogP contribution in [0, 0.1) is 0 Å². The van der Waals surface area contributed by atoms with E-state index in [1.807, 2.05) is 24.3 Å². The summed E-state index contributed by atoms with van der Waals surface area (Å²) in [6.07, 6.45) is 0.769. The highest BCUT2D eigenvalue weighted by atomic mass is 16.5. The predicted octanol–water partition coefficient (Wildman–Crippen LogP) is 0.0548. The molecule has 0 bridgehead atoms. The summed E-state index contributed by atoms with van der Waals surface area (Å²) >= 11 is 0. The van der Waals surface area contributed by atoms with Crippen LogP contribution in [0.1, 0.15) is 25.0 Å². The smallest absolute Gasteiger partial charge is 0.325 e. The number of benzene rings is 1. The van der Waals surface area contributed by atoms with Crippen molar-refractivity contribution in [3.63, 3.8) is 0 Å². The molecular weight excluding hydrogens is 324 g/mol. The average Bonchev–Trinajstić information content (AvgIpc) is 2.59. The summed E-state index contributed by atoms with van der Waals surface area (Å²) in [6.45, 7) is 4.56. The standard InChI is InChI=1S/C17H26N4O4/c1-3-25-15(22)11-21-17(24)20-10-14-6-4-13(5-7-14)8-9-19-12(2)16(18)23/h4-7,12,19H,3,8-11H2,1-2H3,(H2,18,23)(H2,20,21,24)/t12-/m0/s1. The summed E-state index contributed by atoms with van der Waals surface area (Å²) in [5.74, 6) is -0.844. The Morgan fingerprint density at radius 1 is 1.12 bits per heavy atom. The van der Waals surface area contributed by atoms with E-state index in [4.69, 9.17) is 10.5 Å². The van der Waals surface area contributed by atoms with Crippen LogP contribution >= 0.6 is 0 Å². The number of urea groups is 1. The number of amides is 3. The largest absolute Gasteiger partial charge is 0.465 e. The molecule has 0 fully saturated rings. The lowest BCUT2D eigenvalue weighted by Crippen LogP contribution is -2.39. The first-order chi connectivity index (χ1) is 11.9. The van der Waals surface area contributed by atoms with Crippen molar-refractivity contribution in [2.75, 3.05) is 19.7 Å². The van der Waals surface area contributed by atoms with E-state index in [0.717, 1.165) is 17.5 Å². The third-order valence-corrected chi connectivity index (χ3v) is 3.47. The highest BCUT2D eigenvalue weighted by Crippen LogP contribution is 2.05. The zero-order valence-corrected chi connectivity index (χ0v) is 14.6. The lowest BCUT2D eigenvalue weighted by Gasteiger charge is -2.10. The van der Waals surface area contributed by atoms with Crippen LogP contribution in [0.2, 0.25) is 0 Å². The van der Waals surface area contributed by atoms with E-state index in [2.05, 4.69) is 16.0 Å². The molecule has 0 aliphatic heterocycles. The maximum atomic E-state index is 11.6. The van der Waals surface area contributed by atoms with Crippen LogP contribution in [-0.2, 0) is 27.3 Å². The second-order valence-corrected chi connectivity index (χ2v) is 5.49. The maximum absolute atomic E-state index is 11.6. The van der Waals surface area contributed by atoms with E-state index in [1.54, 1.807) is 13.8 Å². The lowest BCUT2D eigenvalue weighted by atomic mass is 10.1. The van der Waals surface area contributed by atoms with E-state index < -0.39 is 12.0 Å². The van der Waals surface area contributed by atoms with Crippen LogP contribution in [0.5, 0.6) is 0 Å². The maximum Gasteiger partial charge on any atom is 0.325 e. The van der Waals surface area contributed by atoms with Gasteiger partial charge in [0.1, 0.15) is 6.54 Å². The Labute approximate surface area is 147 Å². The first-order valence-electron chi connectivity index (χ1n) is 8.20. The molecule has 138 valence electrons. The molecule has 0 radical (unpaired) electrons. The normalized spacial score (nSPS) is 11.4. The fourth-order valence-corrected chi connectivity index (χ4v) is 1.97. The van der Waals surface area contributed by atoms with Crippen molar-refractivity contribution in [2.24, 2.45) is 5.73 Å². The third-order valence-electron chi connectivity index (χ3n) is 3.47. The van der Waals surface area contributed by atoms with Gasteiger partial charge in [0, 0.05) is 6.54 Å². The van der Waals surface area contributed by atoms with Gasteiger partial charge in [-0.2, -0.15) is 0 Å². The molecular formula is C17H26N4O4. The zero-order chi connectivity index (χ0) is 18.7. The lowest BCUT2D eigenvalue weighted by molar-refractivity contribution is -0.141. The van der Waals surface area contributed by atoms with Crippen molar-refractivity contribution < 1.29 is 19.1 Å². The number of esters is 1. The second kappa shape index (κ2) is 11.0. The highest BCUT2D eigenvalue weighted by Gasteiger charge is 2.07. The molecule has 0 spiro atoms. The molecule has 0 aliphatic carbocycles. The second-order valence-electron chi connectivity index (χ2n) is 5.49. The molecule has 8 heteroatoms. The Hall–Kier alpha value is -2.61. The zero-order valence-electron chi connectivity index (χ0n) is 14.6. The van der Waals surface area contributed by atoms with Crippen LogP contribution in [0.4, 0.5) is 4.79 Å². The van der Waals surface area contributed by atoms with Gasteiger partial charge in [-0.25, -0.2) is 4.79 Å². The molecule has 0 saturated carbocycles. The Bertz CT molecular complexity index is 575. The molecule has 0 heterocycles. The first kappa shape index (κ1) is 20.4. The monoisotopic (exact) mass is 350 g/mol. The van der Waals surface area contributed by atoms with E-state index >= 15 is 0 Å². The van der Waals surface area contributed by atoms with Crippen molar-refractivity contribution >= 4 is 17.9 Å². The molecule has 0 aliphatic rings. The Morgan fingerprint density at radius 2 is 1.76 bits per heavy atom. The van der Waals surface area contributed by atoms with E-state index in [0.29, 0.717) is 13.1 Å². The molecule has 1 rings (SSSR count). The van der Waals surface area contributed by atoms with Gasteiger partial charge in [0.05, 0.1) is 12.6 Å². The molecule has 0 saturated heterocycles. The van der Waals surface area contributed by atoms with Gasteiger partial charge in [-0.05, 0) is 37.9 Å². The van der Waals surface area contributed by atoms with Crippen LogP contribution in [0.25, 0.3) is 0 Å². The van der Waals surface area contributed by atoms with Crippen LogP contribution in [0.15, 0.2) is 24.3 Å². The molecule has 1 aromatic rings. The first-order valence-corrected chi connectivity index (χ1v) is 8.20. The SMILES string of the molecule is CCOC(=O)CNC(=O)NCc1ccc(CCN[C@@H](C)C(N)=O)cc1. The van der Waals surface area contributed by atoms with Gasteiger partial charge in [0.15, 0.2) is 0 Å². The number of hydrogen-bond acceptors (Lipinski definition) is 5. The number of primary amides is 1. The van der Waals surface area contributed by atoms with Crippen molar-refractivity contribution in [3.8, 4) is 0 Å². The fraction of sp³-hybridized carbons (Fsp3) is 0.471. The number of nitrogens with one attached hydrogen (secondary N) is 3. The quantitative estimate of drug-likeness (QED) is 0.444. The van der Waals surface area contributed by atoms with Gasteiger partial charge < -0.3 is 26.4 Å². The molecule has 25 heavy (non-hydrogen) atoms. The number of carbonyl (C=O) groups excluding carboxylic acids is 3. The molecule has 0 unspecified atom stereocenters. The van der Waals surface area contributed by atoms with Crippen LogP contribution < -0.4 is 21.7 Å². The summed E-state index contributed by atoms with van der Waals surface area (Å²) in [5.41, 5.74) is 7.23. The van der Waals surface area contributed by atoms with Gasteiger partial charge in [-0.3, -0.25) is 9.59 Å². The summed E-state index contributed by atoms with van der Waals surface area (Å²) in [7, 11) is 0. The Balaban J connectivity index is 2.28. The third kappa shape index (κ3) is 8.71. The molecule has 1 aromatic carbocycles. The molecule has 0 aromatic heterocycles. The van der Waals surface area contributed by atoms with Gasteiger partial charge in [0.2, 0.25) is 5.91 Å². The summed E-state index contributed by atoms with van der Waals surface area (Å²) in [6, 6.07) is 6.98. The van der Waals surface area contributed by atoms with E-state index in [-0.39, 0.29) is 25.1 Å². The average molecular weight is 350 g/mol. The molecule has 5 N–H and O–H groups in total.